The van der Waals surface area contributed by atoms with Gasteiger partial charge in [0.2, 0.25) is 5.95 Å². The Kier molecular flexibility index (Phi) is 4.81. The van der Waals surface area contributed by atoms with Crippen LogP contribution in [0.15, 0.2) is 30.5 Å². The largest absolute Gasteiger partial charge is 0.338 e. The van der Waals surface area contributed by atoms with E-state index in [-0.39, 0.29) is 5.82 Å². The summed E-state index contributed by atoms with van der Waals surface area (Å²) in [6.07, 6.45) is 2.69. The molecule has 2 heterocycles. The summed E-state index contributed by atoms with van der Waals surface area (Å²) in [5.74, 6) is 0.354. The highest BCUT2D eigenvalue weighted by molar-refractivity contribution is 5.59. The third-order valence-corrected chi connectivity index (χ3v) is 4.44. The van der Waals surface area contributed by atoms with Gasteiger partial charge in [0.05, 0.1) is 11.9 Å². The molecule has 122 valence electrons. The molecule has 0 amide bonds. The van der Waals surface area contributed by atoms with Gasteiger partial charge in [-0.25, -0.2) is 9.37 Å². The van der Waals surface area contributed by atoms with Gasteiger partial charge in [-0.15, -0.1) is 5.10 Å². The van der Waals surface area contributed by atoms with Gasteiger partial charge in [0.25, 0.3) is 0 Å². The highest BCUT2D eigenvalue weighted by Crippen LogP contribution is 2.22. The van der Waals surface area contributed by atoms with Crippen molar-refractivity contribution in [1.29, 1.82) is 0 Å². The molecule has 6 heteroatoms. The second kappa shape index (κ2) is 7.00. The first kappa shape index (κ1) is 15.8. The number of rotatable bonds is 5. The van der Waals surface area contributed by atoms with E-state index in [1.165, 1.54) is 12.1 Å². The number of aromatic nitrogens is 3. The van der Waals surface area contributed by atoms with Gasteiger partial charge in [-0.1, -0.05) is 26.0 Å². The summed E-state index contributed by atoms with van der Waals surface area (Å²) >= 11 is 0. The first-order valence-corrected chi connectivity index (χ1v) is 8.16. The summed E-state index contributed by atoms with van der Waals surface area (Å²) in [6, 6.07) is 6.94. The van der Waals surface area contributed by atoms with E-state index >= 15 is 0 Å². The van der Waals surface area contributed by atoms with E-state index in [1.807, 2.05) is 6.07 Å². The van der Waals surface area contributed by atoms with Gasteiger partial charge in [-0.2, -0.15) is 5.10 Å². The first-order chi connectivity index (χ1) is 11.2. The Balaban J connectivity index is 1.78. The Morgan fingerprint density at radius 2 is 2.13 bits per heavy atom. The van der Waals surface area contributed by atoms with Crippen molar-refractivity contribution in [2.24, 2.45) is 0 Å². The van der Waals surface area contributed by atoms with E-state index in [9.17, 15) is 4.39 Å². The molecule has 0 radical (unpaired) electrons. The van der Waals surface area contributed by atoms with Gasteiger partial charge in [-0.3, -0.25) is 4.90 Å². The Morgan fingerprint density at radius 3 is 2.87 bits per heavy atom. The molecule has 3 rings (SSSR count). The van der Waals surface area contributed by atoms with Crippen LogP contribution >= 0.6 is 0 Å². The van der Waals surface area contributed by atoms with Crippen LogP contribution < -0.4 is 4.90 Å². The Labute approximate surface area is 136 Å². The monoisotopic (exact) mass is 315 g/mol. The van der Waals surface area contributed by atoms with Crippen LogP contribution in [0.2, 0.25) is 0 Å². The molecular formula is C17H22FN5. The predicted octanol–water partition coefficient (Wildman–Crippen LogP) is 2.60. The Hall–Kier alpha value is -2.08. The van der Waals surface area contributed by atoms with Gasteiger partial charge < -0.3 is 4.90 Å². The van der Waals surface area contributed by atoms with Gasteiger partial charge in [0, 0.05) is 24.7 Å². The van der Waals surface area contributed by atoms with Crippen molar-refractivity contribution in [2.45, 2.75) is 26.3 Å². The van der Waals surface area contributed by atoms with Crippen LogP contribution in [0.3, 0.4) is 0 Å². The summed E-state index contributed by atoms with van der Waals surface area (Å²) in [7, 11) is 0. The SMILES string of the molecule is CCN(CC)C1CCN(c2nncc(-c3cccc(F)c3)n2)C1. The first-order valence-electron chi connectivity index (χ1n) is 8.16. The van der Waals surface area contributed by atoms with Crippen LogP contribution in [0.5, 0.6) is 0 Å². The minimum Gasteiger partial charge on any atom is -0.338 e. The molecule has 5 nitrogen and oxygen atoms in total. The van der Waals surface area contributed by atoms with E-state index in [0.29, 0.717) is 17.7 Å². The Morgan fingerprint density at radius 1 is 1.30 bits per heavy atom. The molecule has 23 heavy (non-hydrogen) atoms. The minimum atomic E-state index is -0.273. The summed E-state index contributed by atoms with van der Waals surface area (Å²) in [6.45, 7) is 8.32. The van der Waals surface area contributed by atoms with Gasteiger partial charge in [-0.05, 0) is 31.6 Å². The van der Waals surface area contributed by atoms with Crippen molar-refractivity contribution < 1.29 is 4.39 Å². The molecule has 2 aromatic rings. The topological polar surface area (TPSA) is 45.2 Å². The van der Waals surface area contributed by atoms with Crippen LogP contribution in [0, 0.1) is 5.82 Å². The fourth-order valence-electron chi connectivity index (χ4n) is 3.18. The van der Waals surface area contributed by atoms with Crippen molar-refractivity contribution in [3.05, 3.63) is 36.3 Å². The molecule has 1 unspecified atom stereocenters. The summed E-state index contributed by atoms with van der Waals surface area (Å²) < 4.78 is 13.4. The second-order valence-electron chi connectivity index (χ2n) is 5.76. The molecule has 1 atom stereocenters. The maximum atomic E-state index is 13.4. The van der Waals surface area contributed by atoms with Crippen LogP contribution in [0.25, 0.3) is 11.3 Å². The number of anilines is 1. The molecule has 1 saturated heterocycles. The van der Waals surface area contributed by atoms with Crippen molar-refractivity contribution in [2.75, 3.05) is 31.1 Å². The van der Waals surface area contributed by atoms with Crippen LogP contribution in [0.4, 0.5) is 10.3 Å². The maximum absolute atomic E-state index is 13.4. The molecule has 0 saturated carbocycles. The quantitative estimate of drug-likeness (QED) is 0.848. The van der Waals surface area contributed by atoms with E-state index in [4.69, 9.17) is 0 Å². The zero-order valence-corrected chi connectivity index (χ0v) is 13.6. The van der Waals surface area contributed by atoms with Crippen molar-refractivity contribution in [1.82, 2.24) is 20.1 Å². The average Bonchev–Trinajstić information content (AvgIpc) is 3.06. The number of hydrogen-bond donors (Lipinski definition) is 0. The Bertz CT molecular complexity index is 659. The average molecular weight is 315 g/mol. The fourth-order valence-corrected chi connectivity index (χ4v) is 3.18. The smallest absolute Gasteiger partial charge is 0.245 e. The molecule has 1 fully saturated rings. The molecule has 0 N–H and O–H groups in total. The van der Waals surface area contributed by atoms with Crippen molar-refractivity contribution >= 4 is 5.95 Å². The number of benzene rings is 1. The summed E-state index contributed by atoms with van der Waals surface area (Å²) in [5, 5.41) is 8.22. The molecule has 1 aliphatic heterocycles. The zero-order chi connectivity index (χ0) is 16.2. The van der Waals surface area contributed by atoms with E-state index in [2.05, 4.69) is 38.8 Å². The lowest BCUT2D eigenvalue weighted by atomic mass is 10.2. The maximum Gasteiger partial charge on any atom is 0.245 e. The summed E-state index contributed by atoms with van der Waals surface area (Å²) in [4.78, 5) is 9.21. The normalized spacial score (nSPS) is 17.9. The third kappa shape index (κ3) is 3.47. The second-order valence-corrected chi connectivity index (χ2v) is 5.76. The van der Waals surface area contributed by atoms with E-state index in [1.54, 1.807) is 12.3 Å². The van der Waals surface area contributed by atoms with Gasteiger partial charge in [0.15, 0.2) is 0 Å². The highest BCUT2D eigenvalue weighted by Gasteiger charge is 2.28. The number of hydrogen-bond acceptors (Lipinski definition) is 5. The molecule has 1 aromatic carbocycles. The highest BCUT2D eigenvalue weighted by atomic mass is 19.1. The third-order valence-electron chi connectivity index (χ3n) is 4.44. The lowest BCUT2D eigenvalue weighted by Gasteiger charge is -2.26. The fraction of sp³-hybridized carbons (Fsp3) is 0.471. The molecule has 0 aliphatic carbocycles. The lowest BCUT2D eigenvalue weighted by molar-refractivity contribution is 0.232. The number of nitrogens with zero attached hydrogens (tertiary/aromatic N) is 5. The zero-order valence-electron chi connectivity index (χ0n) is 13.6. The van der Waals surface area contributed by atoms with Crippen LogP contribution in [0.1, 0.15) is 20.3 Å². The lowest BCUT2D eigenvalue weighted by Crippen LogP contribution is -2.37. The molecule has 1 aliphatic rings. The predicted molar refractivity (Wildman–Crippen MR) is 88.8 cm³/mol. The van der Waals surface area contributed by atoms with E-state index < -0.39 is 0 Å². The van der Waals surface area contributed by atoms with E-state index in [0.717, 1.165) is 38.2 Å². The summed E-state index contributed by atoms with van der Waals surface area (Å²) in [5.41, 5.74) is 1.38. The van der Waals surface area contributed by atoms with Crippen molar-refractivity contribution in [3.63, 3.8) is 0 Å². The van der Waals surface area contributed by atoms with Crippen molar-refractivity contribution in [3.8, 4) is 11.3 Å². The molecule has 0 spiro atoms. The van der Waals surface area contributed by atoms with Gasteiger partial charge in [0.1, 0.15) is 5.82 Å². The number of likely N-dealkylation sites (N-methyl/N-ethyl adjacent to an activating group) is 1. The number of halogens is 1. The van der Waals surface area contributed by atoms with Crippen LogP contribution in [-0.4, -0.2) is 52.3 Å². The molecule has 0 bridgehead atoms. The molecular weight excluding hydrogens is 293 g/mol. The van der Waals surface area contributed by atoms with Gasteiger partial charge >= 0.3 is 0 Å². The minimum absolute atomic E-state index is 0.273. The van der Waals surface area contributed by atoms with Crippen LogP contribution in [-0.2, 0) is 0 Å². The standard InChI is InChI=1S/C17H22FN5/c1-3-22(4-2)15-8-9-23(12-15)17-20-16(11-19-21-17)13-6-5-7-14(18)10-13/h5-7,10-11,15H,3-4,8-9,12H2,1-2H3. The molecule has 1 aromatic heterocycles.